The molecule has 0 atom stereocenters. The van der Waals surface area contributed by atoms with Crippen LogP contribution in [0.15, 0.2) is 54.7 Å². The van der Waals surface area contributed by atoms with E-state index < -0.39 is 6.43 Å². The van der Waals surface area contributed by atoms with Crippen LogP contribution < -0.4 is 0 Å². The van der Waals surface area contributed by atoms with Gasteiger partial charge in [-0.3, -0.25) is 14.5 Å². The first kappa shape index (κ1) is 16.1. The number of hydrogen-bond donors (Lipinski definition) is 1. The van der Waals surface area contributed by atoms with E-state index in [2.05, 4.69) is 9.97 Å². The van der Waals surface area contributed by atoms with E-state index in [1.54, 1.807) is 48.5 Å². The Hall–Kier alpha value is -3.35. The van der Waals surface area contributed by atoms with Crippen molar-refractivity contribution < 1.29 is 18.4 Å². The second-order valence-electron chi connectivity index (χ2n) is 5.93. The number of carbonyl (C=O) groups excluding carboxylic acids is 2. The van der Waals surface area contributed by atoms with E-state index in [-0.39, 0.29) is 24.1 Å². The zero-order chi connectivity index (χ0) is 18.3. The number of rotatable bonds is 4. The van der Waals surface area contributed by atoms with Crippen molar-refractivity contribution in [2.75, 3.05) is 0 Å². The first-order valence-electron chi connectivity index (χ1n) is 7.92. The number of H-pyrrole nitrogens is 1. The number of halogens is 2. The molecule has 0 unspecified atom stereocenters. The molecule has 2 amide bonds. The van der Waals surface area contributed by atoms with Crippen molar-refractivity contribution in [3.63, 3.8) is 0 Å². The number of imide groups is 1. The topological polar surface area (TPSA) is 66.1 Å². The van der Waals surface area contributed by atoms with Gasteiger partial charge in [0.15, 0.2) is 0 Å². The summed E-state index contributed by atoms with van der Waals surface area (Å²) in [6.45, 7) is 0.146. The number of aromatic nitrogens is 2. The summed E-state index contributed by atoms with van der Waals surface area (Å²) in [7, 11) is 0. The van der Waals surface area contributed by atoms with Crippen LogP contribution in [-0.4, -0.2) is 26.7 Å². The molecule has 0 aliphatic carbocycles. The number of carbonyl (C=O) groups is 2. The van der Waals surface area contributed by atoms with Gasteiger partial charge in [0, 0.05) is 5.56 Å². The summed E-state index contributed by atoms with van der Waals surface area (Å²) in [5, 5.41) is 0. The van der Waals surface area contributed by atoms with Crippen molar-refractivity contribution in [2.45, 2.75) is 13.0 Å². The molecule has 4 rings (SSSR count). The second-order valence-corrected chi connectivity index (χ2v) is 5.93. The monoisotopic (exact) mass is 353 g/mol. The van der Waals surface area contributed by atoms with Crippen LogP contribution in [-0.2, 0) is 6.54 Å². The summed E-state index contributed by atoms with van der Waals surface area (Å²) in [5.41, 5.74) is 1.97. The Kier molecular flexibility index (Phi) is 3.84. The summed E-state index contributed by atoms with van der Waals surface area (Å²) in [4.78, 5) is 32.5. The highest BCUT2D eigenvalue weighted by Crippen LogP contribution is 2.25. The number of aromatic amines is 1. The maximum atomic E-state index is 12.6. The van der Waals surface area contributed by atoms with Gasteiger partial charge >= 0.3 is 0 Å². The highest BCUT2D eigenvalue weighted by Gasteiger charge is 2.34. The van der Waals surface area contributed by atoms with Crippen LogP contribution in [0.4, 0.5) is 8.78 Å². The molecule has 130 valence electrons. The van der Waals surface area contributed by atoms with Gasteiger partial charge in [0.2, 0.25) is 0 Å². The minimum Gasteiger partial charge on any atom is -0.337 e. The van der Waals surface area contributed by atoms with E-state index in [9.17, 15) is 18.4 Å². The fourth-order valence-electron chi connectivity index (χ4n) is 2.93. The second kappa shape index (κ2) is 6.18. The summed E-state index contributed by atoms with van der Waals surface area (Å²) in [6.07, 6.45) is -1.50. The lowest BCUT2D eigenvalue weighted by atomic mass is 10.1. The number of imidazole rings is 1. The Morgan fingerprint density at radius 3 is 2.12 bits per heavy atom. The highest BCUT2D eigenvalue weighted by atomic mass is 19.3. The summed E-state index contributed by atoms with van der Waals surface area (Å²) in [5.74, 6) is -0.294. The number of fused-ring (bicyclic) bond motifs is 1. The first-order valence-corrected chi connectivity index (χ1v) is 7.92. The van der Waals surface area contributed by atoms with Gasteiger partial charge in [-0.15, -0.1) is 0 Å². The molecular formula is C19H13F2N3O2. The Labute approximate surface area is 147 Å². The average molecular weight is 353 g/mol. The Morgan fingerprint density at radius 1 is 0.962 bits per heavy atom. The van der Waals surface area contributed by atoms with Gasteiger partial charge in [-0.25, -0.2) is 13.8 Å². The van der Waals surface area contributed by atoms with Crippen LogP contribution in [0.5, 0.6) is 0 Å². The van der Waals surface area contributed by atoms with E-state index in [0.717, 1.165) is 11.8 Å². The molecule has 0 saturated heterocycles. The minimum atomic E-state index is -2.61. The quantitative estimate of drug-likeness (QED) is 0.726. The molecule has 1 aliphatic heterocycles. The van der Waals surface area contributed by atoms with E-state index in [0.29, 0.717) is 22.5 Å². The van der Waals surface area contributed by atoms with Crippen molar-refractivity contribution in [3.8, 4) is 11.4 Å². The van der Waals surface area contributed by atoms with Gasteiger partial charge < -0.3 is 4.98 Å². The van der Waals surface area contributed by atoms with Gasteiger partial charge in [-0.1, -0.05) is 36.4 Å². The zero-order valence-electron chi connectivity index (χ0n) is 13.4. The third-order valence-electron chi connectivity index (χ3n) is 4.28. The minimum absolute atomic E-state index is 0.146. The maximum absolute atomic E-state index is 12.6. The van der Waals surface area contributed by atoms with Crippen molar-refractivity contribution in [1.29, 1.82) is 0 Å². The molecule has 26 heavy (non-hydrogen) atoms. The number of hydrogen-bond acceptors (Lipinski definition) is 3. The number of amides is 2. The Balaban J connectivity index is 1.53. The number of nitrogens with zero attached hydrogens (tertiary/aromatic N) is 2. The molecular weight excluding hydrogens is 340 g/mol. The zero-order valence-corrected chi connectivity index (χ0v) is 13.4. The molecule has 1 N–H and O–H groups in total. The average Bonchev–Trinajstić information content (AvgIpc) is 3.23. The number of nitrogens with one attached hydrogen (secondary N) is 1. The summed E-state index contributed by atoms with van der Waals surface area (Å²) < 4.78 is 25.3. The van der Waals surface area contributed by atoms with Crippen LogP contribution in [0.25, 0.3) is 11.4 Å². The molecule has 0 fully saturated rings. The van der Waals surface area contributed by atoms with Crippen LogP contribution in [0, 0.1) is 0 Å². The largest absolute Gasteiger partial charge is 0.337 e. The van der Waals surface area contributed by atoms with E-state index >= 15 is 0 Å². The summed E-state index contributed by atoms with van der Waals surface area (Å²) >= 11 is 0. The molecule has 0 spiro atoms. The predicted molar refractivity (Wildman–Crippen MR) is 89.6 cm³/mol. The van der Waals surface area contributed by atoms with Gasteiger partial charge in [0.25, 0.3) is 18.2 Å². The SMILES string of the molecule is O=C1c2ccccc2C(=O)N1Cc1ccc(-c2ncc(C(F)F)[nH]2)cc1. The first-order chi connectivity index (χ1) is 12.5. The number of alkyl halides is 2. The Morgan fingerprint density at radius 2 is 1.58 bits per heavy atom. The van der Waals surface area contributed by atoms with Crippen molar-refractivity contribution in [1.82, 2.24) is 14.9 Å². The van der Waals surface area contributed by atoms with Gasteiger partial charge in [0.05, 0.1) is 23.9 Å². The fraction of sp³-hybridized carbons (Fsp3) is 0.105. The Bertz CT molecular complexity index is 961. The third-order valence-corrected chi connectivity index (χ3v) is 4.28. The molecule has 1 aliphatic rings. The van der Waals surface area contributed by atoms with Gasteiger partial charge in [-0.05, 0) is 17.7 Å². The van der Waals surface area contributed by atoms with E-state index in [4.69, 9.17) is 0 Å². The molecule has 0 bridgehead atoms. The normalized spacial score (nSPS) is 13.6. The molecule has 2 heterocycles. The van der Waals surface area contributed by atoms with Gasteiger partial charge in [-0.2, -0.15) is 0 Å². The van der Waals surface area contributed by atoms with E-state index in [1.165, 1.54) is 4.90 Å². The predicted octanol–water partition coefficient (Wildman–Crippen LogP) is 3.81. The van der Waals surface area contributed by atoms with Crippen LogP contribution in [0.1, 0.15) is 38.4 Å². The molecule has 0 radical (unpaired) electrons. The molecule has 5 nitrogen and oxygen atoms in total. The van der Waals surface area contributed by atoms with Crippen LogP contribution >= 0.6 is 0 Å². The lowest BCUT2D eigenvalue weighted by Crippen LogP contribution is -2.29. The van der Waals surface area contributed by atoms with Crippen molar-refractivity contribution in [3.05, 3.63) is 77.1 Å². The lowest BCUT2D eigenvalue weighted by Gasteiger charge is -2.14. The molecule has 2 aromatic carbocycles. The van der Waals surface area contributed by atoms with E-state index in [1.807, 2.05) is 0 Å². The summed E-state index contributed by atoms with van der Waals surface area (Å²) in [6, 6.07) is 13.6. The third kappa shape index (κ3) is 2.67. The van der Waals surface area contributed by atoms with Crippen LogP contribution in [0.3, 0.4) is 0 Å². The lowest BCUT2D eigenvalue weighted by molar-refractivity contribution is 0.0642. The maximum Gasteiger partial charge on any atom is 0.279 e. The van der Waals surface area contributed by atoms with Gasteiger partial charge in [0.1, 0.15) is 11.5 Å². The fourth-order valence-corrected chi connectivity index (χ4v) is 2.93. The van der Waals surface area contributed by atoms with Crippen LogP contribution in [0.2, 0.25) is 0 Å². The molecule has 1 aromatic heterocycles. The number of benzene rings is 2. The molecule has 3 aromatic rings. The molecule has 7 heteroatoms. The van der Waals surface area contributed by atoms with Crippen molar-refractivity contribution in [2.24, 2.45) is 0 Å². The smallest absolute Gasteiger partial charge is 0.279 e. The molecule has 0 saturated carbocycles. The van der Waals surface area contributed by atoms with Crippen molar-refractivity contribution >= 4 is 11.8 Å². The standard InChI is InChI=1S/C19H13F2N3O2/c20-16(21)15-9-22-17(23-15)12-7-5-11(6-8-12)10-24-18(25)13-3-1-2-4-14(13)19(24)26/h1-9,16H,10H2,(H,22,23). The highest BCUT2D eigenvalue weighted by molar-refractivity contribution is 6.21.